The van der Waals surface area contributed by atoms with Gasteiger partial charge < -0.3 is 0 Å². The zero-order valence-corrected chi connectivity index (χ0v) is 12.6. The minimum absolute atomic E-state index is 0.0834. The number of rotatable bonds is 1. The van der Waals surface area contributed by atoms with Gasteiger partial charge in [-0.05, 0) is 80.5 Å². The lowest BCUT2D eigenvalue weighted by Gasteiger charge is -2.18. The van der Waals surface area contributed by atoms with Gasteiger partial charge in [-0.25, -0.2) is 4.39 Å². The molecule has 0 aromatic heterocycles. The van der Waals surface area contributed by atoms with Gasteiger partial charge in [0.2, 0.25) is 0 Å². The van der Waals surface area contributed by atoms with Crippen LogP contribution in [0.25, 0.3) is 11.1 Å². The molecule has 2 aromatic rings. The van der Waals surface area contributed by atoms with Crippen molar-refractivity contribution in [3.63, 3.8) is 0 Å². The second kappa shape index (κ2) is 4.80. The maximum Gasteiger partial charge on any atom is 0.129 e. The Labute approximate surface area is 115 Å². The molecule has 0 saturated carbocycles. The Hall–Kier alpha value is -1.63. The summed E-state index contributed by atoms with van der Waals surface area (Å²) in [6.45, 7) is 12.1. The Morgan fingerprint density at radius 3 is 1.63 bits per heavy atom. The first-order valence-corrected chi connectivity index (χ1v) is 6.67. The van der Waals surface area contributed by atoms with Crippen molar-refractivity contribution in [1.82, 2.24) is 0 Å². The summed E-state index contributed by atoms with van der Waals surface area (Å²) in [6, 6.07) is 6.27. The molecule has 0 spiro atoms. The van der Waals surface area contributed by atoms with Gasteiger partial charge in [0.1, 0.15) is 5.82 Å². The predicted octanol–water partition coefficient (Wildman–Crippen LogP) is 5.34. The van der Waals surface area contributed by atoms with Crippen molar-refractivity contribution in [1.29, 1.82) is 0 Å². The quantitative estimate of drug-likeness (QED) is 0.645. The highest BCUT2D eigenvalue weighted by Gasteiger charge is 2.16. The van der Waals surface area contributed by atoms with E-state index in [0.717, 1.165) is 22.3 Å². The highest BCUT2D eigenvalue weighted by Crippen LogP contribution is 2.35. The fourth-order valence-corrected chi connectivity index (χ4v) is 3.12. The normalized spacial score (nSPS) is 10.9. The topological polar surface area (TPSA) is 0 Å². The van der Waals surface area contributed by atoms with E-state index in [9.17, 15) is 4.39 Å². The number of hydrogen-bond donors (Lipinski definition) is 0. The molecule has 0 heterocycles. The van der Waals surface area contributed by atoms with Crippen LogP contribution in [0.3, 0.4) is 0 Å². The van der Waals surface area contributed by atoms with E-state index in [1.54, 1.807) is 0 Å². The largest absolute Gasteiger partial charge is 0.206 e. The van der Waals surface area contributed by atoms with Gasteiger partial charge in [-0.3, -0.25) is 0 Å². The first kappa shape index (κ1) is 13.8. The molecule has 100 valence electrons. The van der Waals surface area contributed by atoms with Gasteiger partial charge in [-0.1, -0.05) is 23.8 Å². The Morgan fingerprint density at radius 2 is 1.11 bits per heavy atom. The van der Waals surface area contributed by atoms with Gasteiger partial charge in [0.25, 0.3) is 0 Å². The van der Waals surface area contributed by atoms with Crippen LogP contribution < -0.4 is 0 Å². The van der Waals surface area contributed by atoms with Crippen molar-refractivity contribution in [2.45, 2.75) is 41.5 Å². The Morgan fingerprint density at radius 1 is 0.632 bits per heavy atom. The molecule has 0 aliphatic heterocycles. The first-order valence-electron chi connectivity index (χ1n) is 6.67. The zero-order chi connectivity index (χ0) is 14.3. The molecule has 0 N–H and O–H groups in total. The smallest absolute Gasteiger partial charge is 0.129 e. The molecule has 19 heavy (non-hydrogen) atoms. The summed E-state index contributed by atoms with van der Waals surface area (Å²) in [5, 5.41) is 0. The molecular formula is C18H21F. The first-order chi connectivity index (χ1) is 8.82. The minimum atomic E-state index is -0.0834. The standard InChI is InChI=1S/C18H21F/c1-10-7-11(2)16(12(3)8-10)17-13(4)9-14(5)18(19)15(17)6/h7-9H,1-6H3. The van der Waals surface area contributed by atoms with Crippen LogP contribution in [0.5, 0.6) is 0 Å². The maximum atomic E-state index is 14.2. The van der Waals surface area contributed by atoms with Gasteiger partial charge in [0.05, 0.1) is 0 Å². The van der Waals surface area contributed by atoms with Crippen LogP contribution in [0.15, 0.2) is 18.2 Å². The lowest BCUT2D eigenvalue weighted by molar-refractivity contribution is 0.609. The number of hydrogen-bond acceptors (Lipinski definition) is 0. The highest BCUT2D eigenvalue weighted by molar-refractivity contribution is 5.77. The Balaban J connectivity index is 2.84. The van der Waals surface area contributed by atoms with E-state index in [1.807, 2.05) is 19.9 Å². The van der Waals surface area contributed by atoms with E-state index >= 15 is 0 Å². The summed E-state index contributed by atoms with van der Waals surface area (Å²) >= 11 is 0. The van der Waals surface area contributed by atoms with Crippen molar-refractivity contribution in [3.05, 3.63) is 57.4 Å². The molecule has 0 bridgehead atoms. The number of aryl methyl sites for hydroxylation is 5. The van der Waals surface area contributed by atoms with Crippen molar-refractivity contribution in [3.8, 4) is 11.1 Å². The lowest BCUT2D eigenvalue weighted by atomic mass is 9.87. The summed E-state index contributed by atoms with van der Waals surface area (Å²) in [4.78, 5) is 0. The third-order valence-electron chi connectivity index (χ3n) is 3.80. The molecule has 0 unspecified atom stereocenters. The number of benzene rings is 2. The van der Waals surface area contributed by atoms with Gasteiger partial charge in [-0.2, -0.15) is 0 Å². The molecule has 0 saturated heterocycles. The van der Waals surface area contributed by atoms with Gasteiger partial charge in [0.15, 0.2) is 0 Å². The van der Waals surface area contributed by atoms with Gasteiger partial charge in [-0.15, -0.1) is 0 Å². The predicted molar refractivity (Wildman–Crippen MR) is 80.3 cm³/mol. The zero-order valence-electron chi connectivity index (χ0n) is 12.6. The molecular weight excluding hydrogens is 235 g/mol. The van der Waals surface area contributed by atoms with Crippen LogP contribution in [0.1, 0.15) is 33.4 Å². The average Bonchev–Trinajstić information content (AvgIpc) is 2.29. The van der Waals surface area contributed by atoms with E-state index in [0.29, 0.717) is 0 Å². The third kappa shape index (κ3) is 2.30. The lowest BCUT2D eigenvalue weighted by Crippen LogP contribution is -1.99. The average molecular weight is 256 g/mol. The molecule has 0 radical (unpaired) electrons. The minimum Gasteiger partial charge on any atom is -0.206 e. The third-order valence-corrected chi connectivity index (χ3v) is 3.80. The Kier molecular flexibility index (Phi) is 3.49. The summed E-state index contributed by atoms with van der Waals surface area (Å²) in [6.07, 6.45) is 0. The number of halogens is 1. The molecule has 0 atom stereocenters. The molecule has 0 fully saturated rings. The van der Waals surface area contributed by atoms with Crippen molar-refractivity contribution in [2.24, 2.45) is 0 Å². The second-order valence-corrected chi connectivity index (χ2v) is 5.60. The summed E-state index contributed by atoms with van der Waals surface area (Å²) in [5.74, 6) is -0.0834. The fourth-order valence-electron chi connectivity index (χ4n) is 3.12. The molecule has 0 amide bonds. The summed E-state index contributed by atoms with van der Waals surface area (Å²) < 4.78 is 14.2. The SMILES string of the molecule is Cc1cc(C)c(-c2c(C)cc(C)c(F)c2C)c(C)c1. The van der Waals surface area contributed by atoms with Crippen molar-refractivity contribution in [2.75, 3.05) is 0 Å². The van der Waals surface area contributed by atoms with E-state index in [4.69, 9.17) is 0 Å². The van der Waals surface area contributed by atoms with Crippen molar-refractivity contribution < 1.29 is 4.39 Å². The molecule has 0 aliphatic rings. The maximum absolute atomic E-state index is 14.2. The van der Waals surface area contributed by atoms with Crippen LogP contribution in [0.2, 0.25) is 0 Å². The molecule has 2 aromatic carbocycles. The van der Waals surface area contributed by atoms with Crippen molar-refractivity contribution >= 4 is 0 Å². The van der Waals surface area contributed by atoms with Gasteiger partial charge in [0, 0.05) is 0 Å². The van der Waals surface area contributed by atoms with E-state index in [2.05, 4.69) is 39.8 Å². The van der Waals surface area contributed by atoms with Crippen LogP contribution >= 0.6 is 0 Å². The van der Waals surface area contributed by atoms with E-state index in [-0.39, 0.29) is 5.82 Å². The summed E-state index contributed by atoms with van der Waals surface area (Å²) in [7, 11) is 0. The van der Waals surface area contributed by atoms with E-state index in [1.165, 1.54) is 22.3 Å². The highest BCUT2D eigenvalue weighted by atomic mass is 19.1. The van der Waals surface area contributed by atoms with E-state index < -0.39 is 0 Å². The molecule has 0 nitrogen and oxygen atoms in total. The monoisotopic (exact) mass is 256 g/mol. The fraction of sp³-hybridized carbons (Fsp3) is 0.333. The summed E-state index contributed by atoms with van der Waals surface area (Å²) in [5.41, 5.74) is 8.54. The van der Waals surface area contributed by atoms with Gasteiger partial charge >= 0.3 is 0 Å². The van der Waals surface area contributed by atoms with Crippen LogP contribution in [0.4, 0.5) is 4.39 Å². The van der Waals surface area contributed by atoms with Crippen LogP contribution in [-0.2, 0) is 0 Å². The van der Waals surface area contributed by atoms with Crippen LogP contribution in [0, 0.1) is 47.4 Å². The van der Waals surface area contributed by atoms with Crippen LogP contribution in [-0.4, -0.2) is 0 Å². The Bertz CT molecular complexity index is 628. The second-order valence-electron chi connectivity index (χ2n) is 5.60. The molecule has 1 heteroatoms. The molecule has 0 aliphatic carbocycles. The molecule has 2 rings (SSSR count).